The molecule has 1 amide bonds. The highest BCUT2D eigenvalue weighted by atomic mass is 16.1. The minimum absolute atomic E-state index is 0.00900. The van der Waals surface area contributed by atoms with Crippen molar-refractivity contribution < 1.29 is 4.79 Å². The summed E-state index contributed by atoms with van der Waals surface area (Å²) >= 11 is 0. The van der Waals surface area contributed by atoms with E-state index in [0.717, 1.165) is 38.0 Å². The predicted molar refractivity (Wildman–Crippen MR) is 127 cm³/mol. The van der Waals surface area contributed by atoms with Gasteiger partial charge in [0.05, 0.1) is 6.04 Å². The van der Waals surface area contributed by atoms with E-state index in [4.69, 9.17) is 0 Å². The first kappa shape index (κ1) is 21.3. The molecule has 0 spiro atoms. The largest absolute Gasteiger partial charge is 0.345 e. The van der Waals surface area contributed by atoms with E-state index in [1.807, 2.05) is 12.1 Å². The molecule has 4 rings (SSSR count). The lowest BCUT2D eigenvalue weighted by atomic mass is 9.97. The van der Waals surface area contributed by atoms with E-state index in [2.05, 4.69) is 85.6 Å². The van der Waals surface area contributed by atoms with Gasteiger partial charge < -0.3 is 5.32 Å². The second-order valence-electron chi connectivity index (χ2n) is 8.72. The van der Waals surface area contributed by atoms with E-state index < -0.39 is 0 Å². The first-order valence-corrected chi connectivity index (χ1v) is 11.3. The van der Waals surface area contributed by atoms with Crippen molar-refractivity contribution in [2.24, 2.45) is 0 Å². The van der Waals surface area contributed by atoms with Crippen LogP contribution in [0, 0.1) is 13.8 Å². The molecule has 0 radical (unpaired) electrons. The molecule has 1 aliphatic heterocycles. The van der Waals surface area contributed by atoms with Gasteiger partial charge in [0.25, 0.3) is 5.91 Å². The van der Waals surface area contributed by atoms with E-state index in [9.17, 15) is 4.79 Å². The number of hydrogen-bond donors (Lipinski definition) is 1. The highest BCUT2D eigenvalue weighted by molar-refractivity contribution is 5.94. The van der Waals surface area contributed by atoms with Crippen LogP contribution in [0.5, 0.6) is 0 Å². The topological polar surface area (TPSA) is 32.3 Å². The maximum Gasteiger partial charge on any atom is 0.251 e. The lowest BCUT2D eigenvalue weighted by molar-refractivity contribution is 0.0935. The molecule has 1 N–H and O–H groups in total. The smallest absolute Gasteiger partial charge is 0.251 e. The molecular weight excluding hydrogens is 380 g/mol. The lowest BCUT2D eigenvalue weighted by Gasteiger charge is -2.28. The Labute approximate surface area is 186 Å². The van der Waals surface area contributed by atoms with Gasteiger partial charge in [-0.1, -0.05) is 67.1 Å². The van der Waals surface area contributed by atoms with Crippen molar-refractivity contribution in [3.63, 3.8) is 0 Å². The summed E-state index contributed by atoms with van der Waals surface area (Å²) < 4.78 is 0. The van der Waals surface area contributed by atoms with Gasteiger partial charge in [-0.2, -0.15) is 0 Å². The zero-order valence-corrected chi connectivity index (χ0v) is 18.8. The van der Waals surface area contributed by atoms with Crippen molar-refractivity contribution in [1.29, 1.82) is 0 Å². The molecule has 0 fully saturated rings. The summed E-state index contributed by atoms with van der Waals surface area (Å²) in [5.41, 5.74) is 8.54. The van der Waals surface area contributed by atoms with Gasteiger partial charge in [-0.3, -0.25) is 9.69 Å². The van der Waals surface area contributed by atoms with Crippen molar-refractivity contribution in [3.8, 4) is 0 Å². The monoisotopic (exact) mass is 412 g/mol. The standard InChI is InChI=1S/C28H32N2O/c1-4-27(26-14-9-20(2)17-21(26)3)29-28(31)24-12-10-22(11-13-24)18-30-16-15-23-7-5-6-8-25(23)19-30/h5-14,17,27H,4,15-16,18-19H2,1-3H3,(H,29,31). The highest BCUT2D eigenvalue weighted by Crippen LogP contribution is 2.23. The molecule has 0 aromatic heterocycles. The number of benzene rings is 3. The van der Waals surface area contributed by atoms with Gasteiger partial charge in [-0.05, 0) is 66.6 Å². The van der Waals surface area contributed by atoms with Crippen LogP contribution < -0.4 is 5.32 Å². The van der Waals surface area contributed by atoms with Crippen LogP contribution in [0.25, 0.3) is 0 Å². The third-order valence-electron chi connectivity index (χ3n) is 6.35. The zero-order valence-electron chi connectivity index (χ0n) is 18.8. The summed E-state index contributed by atoms with van der Waals surface area (Å²) in [6, 6.07) is 23.3. The van der Waals surface area contributed by atoms with Crippen molar-refractivity contribution in [2.45, 2.75) is 52.7 Å². The summed E-state index contributed by atoms with van der Waals surface area (Å²) in [5, 5.41) is 3.22. The van der Waals surface area contributed by atoms with Crippen molar-refractivity contribution >= 4 is 5.91 Å². The number of nitrogens with one attached hydrogen (secondary N) is 1. The molecule has 0 aliphatic carbocycles. The molecule has 0 saturated carbocycles. The normalized spacial score (nSPS) is 14.7. The SMILES string of the molecule is CCC(NC(=O)c1ccc(CN2CCc3ccccc3C2)cc1)c1ccc(C)cc1C. The van der Waals surface area contributed by atoms with Crippen LogP contribution in [0.15, 0.2) is 66.7 Å². The van der Waals surface area contributed by atoms with Gasteiger partial charge in [0.2, 0.25) is 0 Å². The zero-order chi connectivity index (χ0) is 21.8. The molecule has 1 heterocycles. The van der Waals surface area contributed by atoms with Crippen LogP contribution in [0.4, 0.5) is 0 Å². The molecule has 0 bridgehead atoms. The van der Waals surface area contributed by atoms with Gasteiger partial charge >= 0.3 is 0 Å². The van der Waals surface area contributed by atoms with Crippen LogP contribution >= 0.6 is 0 Å². The van der Waals surface area contributed by atoms with E-state index in [-0.39, 0.29) is 11.9 Å². The Kier molecular flexibility index (Phi) is 6.53. The molecule has 3 aromatic rings. The Hall–Kier alpha value is -2.91. The Morgan fingerprint density at radius 1 is 1.00 bits per heavy atom. The molecular formula is C28H32N2O. The van der Waals surface area contributed by atoms with Crippen LogP contribution in [0.2, 0.25) is 0 Å². The minimum Gasteiger partial charge on any atom is -0.345 e. The number of fused-ring (bicyclic) bond motifs is 1. The summed E-state index contributed by atoms with van der Waals surface area (Å²) in [6.45, 7) is 9.31. The average Bonchev–Trinajstić information content (AvgIpc) is 2.78. The second-order valence-corrected chi connectivity index (χ2v) is 8.72. The predicted octanol–water partition coefficient (Wildman–Crippen LogP) is 5.74. The quantitative estimate of drug-likeness (QED) is 0.560. The van der Waals surface area contributed by atoms with Gasteiger partial charge in [0, 0.05) is 25.2 Å². The number of amides is 1. The molecule has 3 heteroatoms. The van der Waals surface area contributed by atoms with Gasteiger partial charge in [-0.25, -0.2) is 0 Å². The van der Waals surface area contributed by atoms with E-state index in [0.29, 0.717) is 0 Å². The molecule has 3 aromatic carbocycles. The van der Waals surface area contributed by atoms with E-state index in [1.165, 1.54) is 33.4 Å². The summed E-state index contributed by atoms with van der Waals surface area (Å²) in [6.07, 6.45) is 1.97. The summed E-state index contributed by atoms with van der Waals surface area (Å²) in [5.74, 6) is -0.00900. The van der Waals surface area contributed by atoms with Gasteiger partial charge in [0.1, 0.15) is 0 Å². The first-order chi connectivity index (χ1) is 15.0. The maximum absolute atomic E-state index is 12.9. The molecule has 1 atom stereocenters. The maximum atomic E-state index is 12.9. The summed E-state index contributed by atoms with van der Waals surface area (Å²) in [4.78, 5) is 15.4. The number of rotatable bonds is 6. The van der Waals surface area contributed by atoms with Gasteiger partial charge in [0.15, 0.2) is 0 Å². The fraction of sp³-hybridized carbons (Fsp3) is 0.321. The minimum atomic E-state index is -0.00900. The average molecular weight is 413 g/mol. The molecule has 1 unspecified atom stereocenters. The Bertz CT molecular complexity index is 1050. The van der Waals surface area contributed by atoms with E-state index in [1.54, 1.807) is 0 Å². The molecule has 3 nitrogen and oxygen atoms in total. The van der Waals surface area contributed by atoms with Crippen LogP contribution in [-0.2, 0) is 19.5 Å². The molecule has 31 heavy (non-hydrogen) atoms. The second kappa shape index (κ2) is 9.49. The molecule has 160 valence electrons. The third kappa shape index (κ3) is 5.05. The molecule has 0 saturated heterocycles. The number of nitrogens with zero attached hydrogens (tertiary/aromatic N) is 1. The Morgan fingerprint density at radius 3 is 2.45 bits per heavy atom. The van der Waals surface area contributed by atoms with Crippen molar-refractivity contribution in [2.75, 3.05) is 6.54 Å². The van der Waals surface area contributed by atoms with Crippen molar-refractivity contribution in [1.82, 2.24) is 10.2 Å². The number of carbonyl (C=O) groups excluding carboxylic acids is 1. The number of aryl methyl sites for hydroxylation is 2. The highest BCUT2D eigenvalue weighted by Gasteiger charge is 2.18. The number of hydrogen-bond acceptors (Lipinski definition) is 2. The third-order valence-corrected chi connectivity index (χ3v) is 6.35. The van der Waals surface area contributed by atoms with Gasteiger partial charge in [-0.15, -0.1) is 0 Å². The Balaban J connectivity index is 1.39. The lowest BCUT2D eigenvalue weighted by Crippen LogP contribution is -2.30. The van der Waals surface area contributed by atoms with Crippen molar-refractivity contribution in [3.05, 3.63) is 106 Å². The van der Waals surface area contributed by atoms with Crippen LogP contribution in [-0.4, -0.2) is 17.4 Å². The fourth-order valence-electron chi connectivity index (χ4n) is 4.57. The van der Waals surface area contributed by atoms with E-state index >= 15 is 0 Å². The van der Waals surface area contributed by atoms with Crippen LogP contribution in [0.3, 0.4) is 0 Å². The summed E-state index contributed by atoms with van der Waals surface area (Å²) in [7, 11) is 0. The van der Waals surface area contributed by atoms with Crippen LogP contribution in [0.1, 0.15) is 63.1 Å². The fourth-order valence-corrected chi connectivity index (χ4v) is 4.57. The molecule has 1 aliphatic rings. The Morgan fingerprint density at radius 2 is 1.74 bits per heavy atom. The number of carbonyl (C=O) groups is 1. The first-order valence-electron chi connectivity index (χ1n) is 11.3.